The Kier molecular flexibility index (Phi) is 7.17. The summed E-state index contributed by atoms with van der Waals surface area (Å²) in [5.41, 5.74) is 1.75. The first-order valence-electron chi connectivity index (χ1n) is 8.61. The lowest BCUT2D eigenvalue weighted by Gasteiger charge is -2.24. The number of aliphatic hydroxyl groups excluding tert-OH is 1. The topological polar surface area (TPSA) is 98.7 Å². The van der Waals surface area contributed by atoms with Crippen LogP contribution in [0.1, 0.15) is 47.4 Å². The highest BCUT2D eigenvalue weighted by Gasteiger charge is 2.21. The van der Waals surface area contributed by atoms with Crippen LogP contribution in [0.15, 0.2) is 54.6 Å². The molecule has 2 unspecified atom stereocenters. The predicted molar refractivity (Wildman–Crippen MR) is 98.9 cm³/mol. The van der Waals surface area contributed by atoms with Gasteiger partial charge in [0.2, 0.25) is 0 Å². The molecular weight excluding hydrogens is 332 g/mol. The first-order chi connectivity index (χ1) is 12.5. The molecule has 0 bridgehead atoms. The van der Waals surface area contributed by atoms with Crippen LogP contribution in [0.5, 0.6) is 0 Å². The zero-order valence-corrected chi connectivity index (χ0v) is 14.7. The van der Waals surface area contributed by atoms with Crippen LogP contribution in [0.3, 0.4) is 0 Å². The lowest BCUT2D eigenvalue weighted by atomic mass is 9.99. The number of rotatable bonds is 8. The Bertz CT molecular complexity index is 716. The van der Waals surface area contributed by atoms with Gasteiger partial charge in [0.05, 0.1) is 17.7 Å². The van der Waals surface area contributed by atoms with Gasteiger partial charge in [0, 0.05) is 6.54 Å². The molecule has 0 saturated carbocycles. The first-order valence-corrected chi connectivity index (χ1v) is 8.61. The van der Waals surface area contributed by atoms with Crippen molar-refractivity contribution in [2.24, 2.45) is 0 Å². The fourth-order valence-electron chi connectivity index (χ4n) is 2.67. The summed E-state index contributed by atoms with van der Waals surface area (Å²) in [5, 5.41) is 25.0. The highest BCUT2D eigenvalue weighted by atomic mass is 16.4. The lowest BCUT2D eigenvalue weighted by Crippen LogP contribution is -2.44. The molecule has 0 spiro atoms. The molecule has 6 heteroatoms. The second-order valence-corrected chi connectivity index (χ2v) is 6.08. The third-order valence-corrected chi connectivity index (χ3v) is 4.09. The SMILES string of the molecule is CCCC(NC(=O)NCc1ccc(C(=O)O)cc1)C(O)c1ccccc1. The number of aliphatic hydroxyl groups is 1. The van der Waals surface area contributed by atoms with E-state index in [1.807, 2.05) is 37.3 Å². The Morgan fingerprint density at radius 3 is 2.27 bits per heavy atom. The molecular formula is C20H24N2O4. The number of urea groups is 1. The zero-order chi connectivity index (χ0) is 18.9. The molecule has 0 aliphatic carbocycles. The number of hydrogen-bond donors (Lipinski definition) is 4. The van der Waals surface area contributed by atoms with E-state index in [4.69, 9.17) is 5.11 Å². The van der Waals surface area contributed by atoms with E-state index in [9.17, 15) is 14.7 Å². The number of amides is 2. The molecule has 2 aromatic carbocycles. The van der Waals surface area contributed by atoms with Crippen LogP contribution in [-0.2, 0) is 6.54 Å². The first kappa shape index (κ1) is 19.5. The van der Waals surface area contributed by atoms with E-state index in [0.29, 0.717) is 6.42 Å². The van der Waals surface area contributed by atoms with Crippen LogP contribution < -0.4 is 10.6 Å². The molecule has 0 aromatic heterocycles. The van der Waals surface area contributed by atoms with Crippen LogP contribution in [0.25, 0.3) is 0 Å². The van der Waals surface area contributed by atoms with Gasteiger partial charge in [-0.2, -0.15) is 0 Å². The minimum absolute atomic E-state index is 0.201. The molecule has 2 atom stereocenters. The maximum Gasteiger partial charge on any atom is 0.335 e. The molecule has 6 nitrogen and oxygen atoms in total. The second-order valence-electron chi connectivity index (χ2n) is 6.08. The normalized spacial score (nSPS) is 12.8. The van der Waals surface area contributed by atoms with Crippen LogP contribution in [0.4, 0.5) is 4.79 Å². The number of carboxylic acids is 1. The highest BCUT2D eigenvalue weighted by molar-refractivity contribution is 5.87. The molecule has 0 saturated heterocycles. The maximum atomic E-state index is 12.2. The van der Waals surface area contributed by atoms with Gasteiger partial charge in [-0.3, -0.25) is 0 Å². The Hall–Kier alpha value is -2.86. The summed E-state index contributed by atoms with van der Waals surface area (Å²) in [6, 6.07) is 14.8. The van der Waals surface area contributed by atoms with Gasteiger partial charge in [-0.1, -0.05) is 55.8 Å². The van der Waals surface area contributed by atoms with Gasteiger partial charge in [0.15, 0.2) is 0 Å². The Morgan fingerprint density at radius 1 is 1.04 bits per heavy atom. The predicted octanol–water partition coefficient (Wildman–Crippen LogP) is 3.09. The summed E-state index contributed by atoms with van der Waals surface area (Å²) in [4.78, 5) is 23.0. The van der Waals surface area contributed by atoms with Crippen molar-refractivity contribution < 1.29 is 19.8 Å². The van der Waals surface area contributed by atoms with Gasteiger partial charge in [-0.05, 0) is 29.7 Å². The molecule has 0 aliphatic rings. The van der Waals surface area contributed by atoms with Gasteiger partial charge < -0.3 is 20.8 Å². The average molecular weight is 356 g/mol. The van der Waals surface area contributed by atoms with Crippen molar-refractivity contribution >= 4 is 12.0 Å². The number of carbonyl (C=O) groups excluding carboxylic acids is 1. The summed E-state index contributed by atoms with van der Waals surface area (Å²) in [5.74, 6) is -0.987. The summed E-state index contributed by atoms with van der Waals surface area (Å²) >= 11 is 0. The zero-order valence-electron chi connectivity index (χ0n) is 14.7. The lowest BCUT2D eigenvalue weighted by molar-refractivity contribution is 0.0697. The largest absolute Gasteiger partial charge is 0.478 e. The minimum Gasteiger partial charge on any atom is -0.478 e. The smallest absolute Gasteiger partial charge is 0.335 e. The van der Waals surface area contributed by atoms with Crippen LogP contribution >= 0.6 is 0 Å². The van der Waals surface area contributed by atoms with Crippen molar-refractivity contribution in [3.8, 4) is 0 Å². The van der Waals surface area contributed by atoms with Gasteiger partial charge in [0.1, 0.15) is 0 Å². The number of aromatic carboxylic acids is 1. The van der Waals surface area contributed by atoms with Crippen molar-refractivity contribution in [2.45, 2.75) is 38.5 Å². The summed E-state index contributed by atoms with van der Waals surface area (Å²) in [7, 11) is 0. The molecule has 0 heterocycles. The molecule has 2 rings (SSSR count). The molecule has 0 radical (unpaired) electrons. The molecule has 138 valence electrons. The van der Waals surface area contributed by atoms with E-state index in [1.54, 1.807) is 12.1 Å². The van der Waals surface area contributed by atoms with Crippen molar-refractivity contribution in [3.63, 3.8) is 0 Å². The van der Waals surface area contributed by atoms with E-state index in [2.05, 4.69) is 10.6 Å². The Morgan fingerprint density at radius 2 is 1.69 bits per heavy atom. The number of hydrogen-bond acceptors (Lipinski definition) is 3. The molecule has 0 aliphatic heterocycles. The van der Waals surface area contributed by atoms with Gasteiger partial charge in [0.25, 0.3) is 0 Å². The quantitative estimate of drug-likeness (QED) is 0.584. The van der Waals surface area contributed by atoms with E-state index >= 15 is 0 Å². The second kappa shape index (κ2) is 9.58. The monoisotopic (exact) mass is 356 g/mol. The van der Waals surface area contributed by atoms with E-state index < -0.39 is 18.1 Å². The standard InChI is InChI=1S/C20H24N2O4/c1-2-6-17(18(23)15-7-4-3-5-8-15)22-20(26)21-13-14-9-11-16(12-10-14)19(24)25/h3-5,7-12,17-18,23H,2,6,13H2,1H3,(H,24,25)(H2,21,22,26). The van der Waals surface area contributed by atoms with E-state index in [1.165, 1.54) is 12.1 Å². The fraction of sp³-hybridized carbons (Fsp3) is 0.300. The number of nitrogens with one attached hydrogen (secondary N) is 2. The van der Waals surface area contributed by atoms with Gasteiger partial charge in [-0.15, -0.1) is 0 Å². The van der Waals surface area contributed by atoms with Crippen LogP contribution in [0.2, 0.25) is 0 Å². The third kappa shape index (κ3) is 5.60. The highest BCUT2D eigenvalue weighted by Crippen LogP contribution is 2.19. The van der Waals surface area contributed by atoms with Crippen molar-refractivity contribution in [2.75, 3.05) is 0 Å². The minimum atomic E-state index is -0.987. The van der Waals surface area contributed by atoms with Crippen LogP contribution in [0, 0.1) is 0 Å². The summed E-state index contributed by atoms with van der Waals surface area (Å²) in [6.45, 7) is 2.26. The van der Waals surface area contributed by atoms with E-state index in [-0.39, 0.29) is 18.1 Å². The molecule has 26 heavy (non-hydrogen) atoms. The fourth-order valence-corrected chi connectivity index (χ4v) is 2.67. The van der Waals surface area contributed by atoms with E-state index in [0.717, 1.165) is 17.5 Å². The number of carbonyl (C=O) groups is 2. The summed E-state index contributed by atoms with van der Waals surface area (Å²) < 4.78 is 0. The Labute approximate surface area is 152 Å². The van der Waals surface area contributed by atoms with Gasteiger partial charge in [-0.25, -0.2) is 9.59 Å². The molecule has 2 aromatic rings. The van der Waals surface area contributed by atoms with Gasteiger partial charge >= 0.3 is 12.0 Å². The average Bonchev–Trinajstić information content (AvgIpc) is 2.66. The number of benzene rings is 2. The van der Waals surface area contributed by atoms with Crippen molar-refractivity contribution in [3.05, 3.63) is 71.3 Å². The molecule has 4 N–H and O–H groups in total. The summed E-state index contributed by atoms with van der Waals surface area (Å²) in [6.07, 6.45) is 0.694. The van der Waals surface area contributed by atoms with Crippen molar-refractivity contribution in [1.29, 1.82) is 0 Å². The third-order valence-electron chi connectivity index (χ3n) is 4.09. The maximum absolute atomic E-state index is 12.2. The molecule has 2 amide bonds. The van der Waals surface area contributed by atoms with Crippen LogP contribution in [-0.4, -0.2) is 28.3 Å². The van der Waals surface area contributed by atoms with Crippen molar-refractivity contribution in [1.82, 2.24) is 10.6 Å². The molecule has 0 fully saturated rings. The number of carboxylic acid groups (broad SMARTS) is 1. The Balaban J connectivity index is 1.91.